The van der Waals surface area contributed by atoms with Crippen LogP contribution in [0.15, 0.2) is 36.7 Å². The quantitative estimate of drug-likeness (QED) is 0.839. The van der Waals surface area contributed by atoms with Crippen LogP contribution in [-0.2, 0) is 11.3 Å². The van der Waals surface area contributed by atoms with E-state index >= 15 is 0 Å². The van der Waals surface area contributed by atoms with E-state index < -0.39 is 12.0 Å². The van der Waals surface area contributed by atoms with Gasteiger partial charge in [0, 0.05) is 6.04 Å². The van der Waals surface area contributed by atoms with Crippen LogP contribution in [0.1, 0.15) is 37.3 Å². The molecular weight excluding hydrogens is 256 g/mol. The maximum atomic E-state index is 11.4. The Morgan fingerprint density at radius 3 is 2.65 bits per heavy atom. The third kappa shape index (κ3) is 3.21. The molecule has 0 aliphatic carbocycles. The van der Waals surface area contributed by atoms with Crippen molar-refractivity contribution in [2.75, 3.05) is 0 Å². The van der Waals surface area contributed by atoms with Gasteiger partial charge >= 0.3 is 5.97 Å². The number of nitrogens with zero attached hydrogens (tertiary/aromatic N) is 3. The zero-order valence-corrected chi connectivity index (χ0v) is 11.5. The van der Waals surface area contributed by atoms with Gasteiger partial charge in [-0.05, 0) is 19.4 Å². The van der Waals surface area contributed by atoms with Crippen LogP contribution in [0.4, 0.5) is 0 Å². The fourth-order valence-electron chi connectivity index (χ4n) is 2.02. The lowest BCUT2D eigenvalue weighted by atomic mass is 10.1. The summed E-state index contributed by atoms with van der Waals surface area (Å²) in [5.41, 5.74) is 0.718. The number of carboxylic acids is 1. The van der Waals surface area contributed by atoms with Gasteiger partial charge in [-0.3, -0.25) is 10.1 Å². The average molecular weight is 274 g/mol. The Morgan fingerprint density at radius 2 is 2.05 bits per heavy atom. The van der Waals surface area contributed by atoms with Crippen molar-refractivity contribution in [3.63, 3.8) is 0 Å². The Bertz CT molecular complexity index is 566. The van der Waals surface area contributed by atoms with Gasteiger partial charge in [0.1, 0.15) is 18.2 Å². The molecule has 1 atom stereocenters. The van der Waals surface area contributed by atoms with Gasteiger partial charge < -0.3 is 5.11 Å². The number of hydrogen-bond acceptors (Lipinski definition) is 4. The number of carbonyl (C=O) groups is 1. The number of aromatic nitrogens is 3. The summed E-state index contributed by atoms with van der Waals surface area (Å²) in [5.74, 6) is -0.186. The van der Waals surface area contributed by atoms with Crippen molar-refractivity contribution in [1.82, 2.24) is 20.1 Å². The lowest BCUT2D eigenvalue weighted by Crippen LogP contribution is -2.29. The van der Waals surface area contributed by atoms with E-state index in [9.17, 15) is 9.90 Å². The number of rotatable bonds is 6. The second-order valence-corrected chi connectivity index (χ2v) is 4.78. The number of benzene rings is 1. The largest absolute Gasteiger partial charge is 0.480 e. The molecule has 0 aliphatic heterocycles. The van der Waals surface area contributed by atoms with Crippen LogP contribution in [0.3, 0.4) is 0 Å². The van der Waals surface area contributed by atoms with E-state index in [4.69, 9.17) is 0 Å². The molecule has 0 spiro atoms. The molecule has 0 fully saturated rings. The maximum Gasteiger partial charge on any atom is 0.325 e. The van der Waals surface area contributed by atoms with Crippen LogP contribution in [0, 0.1) is 0 Å². The highest BCUT2D eigenvalue weighted by Crippen LogP contribution is 2.14. The molecule has 20 heavy (non-hydrogen) atoms. The van der Waals surface area contributed by atoms with Gasteiger partial charge in [0.05, 0.1) is 6.54 Å². The van der Waals surface area contributed by atoms with Crippen LogP contribution < -0.4 is 5.32 Å². The van der Waals surface area contributed by atoms with Gasteiger partial charge in [-0.15, -0.1) is 0 Å². The van der Waals surface area contributed by atoms with Gasteiger partial charge in [0.15, 0.2) is 0 Å². The van der Waals surface area contributed by atoms with Gasteiger partial charge in [0.2, 0.25) is 0 Å². The van der Waals surface area contributed by atoms with Gasteiger partial charge in [-0.1, -0.05) is 30.3 Å². The molecule has 1 unspecified atom stereocenters. The lowest BCUT2D eigenvalue weighted by Gasteiger charge is -2.15. The summed E-state index contributed by atoms with van der Waals surface area (Å²) in [5, 5.41) is 16.5. The van der Waals surface area contributed by atoms with E-state index in [0.29, 0.717) is 6.54 Å². The first-order valence-electron chi connectivity index (χ1n) is 6.49. The van der Waals surface area contributed by atoms with E-state index in [1.807, 2.05) is 32.0 Å². The normalized spacial score (nSPS) is 12.6. The zero-order chi connectivity index (χ0) is 14.5. The Kier molecular flexibility index (Phi) is 4.47. The molecule has 0 saturated heterocycles. The van der Waals surface area contributed by atoms with Crippen molar-refractivity contribution in [3.05, 3.63) is 48.0 Å². The van der Waals surface area contributed by atoms with Crippen LogP contribution in [0.2, 0.25) is 0 Å². The molecule has 6 nitrogen and oxygen atoms in total. The van der Waals surface area contributed by atoms with Crippen molar-refractivity contribution in [2.24, 2.45) is 0 Å². The van der Waals surface area contributed by atoms with E-state index in [1.165, 1.54) is 6.33 Å². The van der Waals surface area contributed by atoms with Crippen molar-refractivity contribution in [3.8, 4) is 0 Å². The predicted molar refractivity (Wildman–Crippen MR) is 74.1 cm³/mol. The van der Waals surface area contributed by atoms with E-state index in [1.54, 1.807) is 16.8 Å². The van der Waals surface area contributed by atoms with Crippen molar-refractivity contribution >= 4 is 5.97 Å². The topological polar surface area (TPSA) is 80.0 Å². The lowest BCUT2D eigenvalue weighted by molar-refractivity contribution is -0.139. The molecule has 2 aromatic rings. The Balaban J connectivity index is 2.10. The van der Waals surface area contributed by atoms with Crippen LogP contribution in [-0.4, -0.2) is 25.8 Å². The Labute approximate surface area is 117 Å². The first-order chi connectivity index (χ1) is 9.59. The molecular formula is C14H18N4O2. The minimum atomic E-state index is -0.910. The van der Waals surface area contributed by atoms with Gasteiger partial charge in [-0.2, -0.15) is 5.10 Å². The van der Waals surface area contributed by atoms with E-state index in [-0.39, 0.29) is 6.04 Å². The van der Waals surface area contributed by atoms with E-state index in [2.05, 4.69) is 15.4 Å². The van der Waals surface area contributed by atoms with Crippen LogP contribution in [0.5, 0.6) is 0 Å². The van der Waals surface area contributed by atoms with Crippen molar-refractivity contribution in [2.45, 2.75) is 32.5 Å². The molecule has 0 aliphatic rings. The van der Waals surface area contributed by atoms with E-state index in [0.717, 1.165) is 11.4 Å². The average Bonchev–Trinajstić information content (AvgIpc) is 2.88. The predicted octanol–water partition coefficient (Wildman–Crippen LogP) is 1.77. The van der Waals surface area contributed by atoms with Gasteiger partial charge in [0.25, 0.3) is 0 Å². The Morgan fingerprint density at radius 1 is 1.35 bits per heavy atom. The highest BCUT2D eigenvalue weighted by atomic mass is 16.4. The molecule has 6 heteroatoms. The highest BCUT2D eigenvalue weighted by Gasteiger charge is 2.20. The molecule has 2 N–H and O–H groups in total. The van der Waals surface area contributed by atoms with Crippen molar-refractivity contribution in [1.29, 1.82) is 0 Å². The third-order valence-corrected chi connectivity index (χ3v) is 2.98. The molecule has 0 bridgehead atoms. The highest BCUT2D eigenvalue weighted by molar-refractivity contribution is 5.75. The SMILES string of the molecule is CC(C)n1ncnc1CNC(C(=O)O)c1ccccc1. The van der Waals surface area contributed by atoms with Gasteiger partial charge in [-0.25, -0.2) is 9.67 Å². The monoisotopic (exact) mass is 274 g/mol. The number of carboxylic acid groups (broad SMARTS) is 1. The van der Waals surface area contributed by atoms with Crippen molar-refractivity contribution < 1.29 is 9.90 Å². The summed E-state index contributed by atoms with van der Waals surface area (Å²) in [7, 11) is 0. The summed E-state index contributed by atoms with van der Waals surface area (Å²) in [4.78, 5) is 15.5. The molecule has 0 saturated carbocycles. The summed E-state index contributed by atoms with van der Waals surface area (Å²) in [6.07, 6.45) is 1.48. The number of aliphatic carboxylic acids is 1. The molecule has 1 aromatic heterocycles. The number of hydrogen-bond donors (Lipinski definition) is 2. The molecule has 1 heterocycles. The first kappa shape index (κ1) is 14.2. The fraction of sp³-hybridized carbons (Fsp3) is 0.357. The standard InChI is InChI=1S/C14H18N4O2/c1-10(2)18-12(16-9-17-18)8-15-13(14(19)20)11-6-4-3-5-7-11/h3-7,9-10,13,15H,8H2,1-2H3,(H,19,20). The fourth-order valence-corrected chi connectivity index (χ4v) is 2.02. The zero-order valence-electron chi connectivity index (χ0n) is 11.5. The van der Waals surface area contributed by atoms with Crippen LogP contribution in [0.25, 0.3) is 0 Å². The molecule has 2 rings (SSSR count). The molecule has 106 valence electrons. The summed E-state index contributed by atoms with van der Waals surface area (Å²) >= 11 is 0. The summed E-state index contributed by atoms with van der Waals surface area (Å²) in [6, 6.07) is 8.52. The first-order valence-corrected chi connectivity index (χ1v) is 6.49. The smallest absolute Gasteiger partial charge is 0.325 e. The summed E-state index contributed by atoms with van der Waals surface area (Å²) in [6.45, 7) is 4.36. The minimum Gasteiger partial charge on any atom is -0.480 e. The third-order valence-electron chi connectivity index (χ3n) is 2.98. The second-order valence-electron chi connectivity index (χ2n) is 4.78. The number of nitrogens with one attached hydrogen (secondary N) is 1. The maximum absolute atomic E-state index is 11.4. The van der Waals surface area contributed by atoms with Crippen LogP contribution >= 0.6 is 0 Å². The molecule has 1 aromatic carbocycles. The minimum absolute atomic E-state index is 0.189. The molecule has 0 amide bonds. The second kappa shape index (κ2) is 6.29. The molecule has 0 radical (unpaired) electrons. The summed E-state index contributed by atoms with van der Waals surface area (Å²) < 4.78 is 1.77. The Hall–Kier alpha value is -2.21.